The number of benzene rings is 1. The Labute approximate surface area is 145 Å². The quantitative estimate of drug-likeness (QED) is 0.735. The fourth-order valence-electron chi connectivity index (χ4n) is 3.15. The van der Waals surface area contributed by atoms with Gasteiger partial charge < -0.3 is 14.0 Å². The van der Waals surface area contributed by atoms with Gasteiger partial charge in [0, 0.05) is 42.7 Å². The van der Waals surface area contributed by atoms with Gasteiger partial charge in [-0.2, -0.15) is 0 Å². The van der Waals surface area contributed by atoms with Crippen LogP contribution in [0.2, 0.25) is 0 Å². The molecular weight excluding hydrogens is 316 g/mol. The molecule has 0 saturated heterocycles. The maximum Gasteiger partial charge on any atom is 0.254 e. The van der Waals surface area contributed by atoms with Crippen LogP contribution in [-0.2, 0) is 13.1 Å². The number of amides is 1. The van der Waals surface area contributed by atoms with Crippen LogP contribution in [0.15, 0.2) is 43.0 Å². The number of imidazole rings is 1. The summed E-state index contributed by atoms with van der Waals surface area (Å²) in [5, 5.41) is 8.53. The van der Waals surface area contributed by atoms with Crippen molar-refractivity contribution < 1.29 is 4.79 Å². The molecule has 128 valence electrons. The zero-order valence-electron chi connectivity index (χ0n) is 14.3. The molecule has 4 rings (SSSR count). The van der Waals surface area contributed by atoms with Gasteiger partial charge in [-0.15, -0.1) is 10.2 Å². The molecule has 1 aliphatic rings. The Bertz CT molecular complexity index is 879. The molecule has 0 radical (unpaired) electrons. The average molecular weight is 336 g/mol. The zero-order valence-corrected chi connectivity index (χ0v) is 14.3. The molecule has 0 aliphatic carbocycles. The molecule has 1 aliphatic heterocycles. The molecule has 0 atom stereocenters. The summed E-state index contributed by atoms with van der Waals surface area (Å²) in [4.78, 5) is 18.7. The van der Waals surface area contributed by atoms with E-state index in [0.717, 1.165) is 23.9 Å². The number of fused-ring (bicyclic) bond motifs is 1. The highest BCUT2D eigenvalue weighted by atomic mass is 16.2. The van der Waals surface area contributed by atoms with Crippen LogP contribution >= 0.6 is 0 Å². The van der Waals surface area contributed by atoms with Gasteiger partial charge in [0.05, 0.1) is 12.9 Å². The van der Waals surface area contributed by atoms with Gasteiger partial charge >= 0.3 is 0 Å². The Morgan fingerprint density at radius 1 is 1.12 bits per heavy atom. The first-order valence-electron chi connectivity index (χ1n) is 8.43. The fourth-order valence-corrected chi connectivity index (χ4v) is 3.15. The minimum Gasteiger partial charge on any atom is -0.329 e. The van der Waals surface area contributed by atoms with E-state index < -0.39 is 0 Å². The second kappa shape index (κ2) is 6.16. The summed E-state index contributed by atoms with van der Waals surface area (Å²) in [7, 11) is 0. The van der Waals surface area contributed by atoms with Crippen LogP contribution in [0.4, 0.5) is 0 Å². The minimum absolute atomic E-state index is 0.0255. The van der Waals surface area contributed by atoms with Gasteiger partial charge in [-0.1, -0.05) is 13.8 Å². The summed E-state index contributed by atoms with van der Waals surface area (Å²) < 4.78 is 4.04. The van der Waals surface area contributed by atoms with Gasteiger partial charge in [0.1, 0.15) is 5.82 Å². The van der Waals surface area contributed by atoms with E-state index in [0.29, 0.717) is 24.6 Å². The summed E-state index contributed by atoms with van der Waals surface area (Å²) in [6.45, 7) is 6.14. The largest absolute Gasteiger partial charge is 0.329 e. The smallest absolute Gasteiger partial charge is 0.254 e. The topological polar surface area (TPSA) is 68.8 Å². The zero-order chi connectivity index (χ0) is 17.4. The number of aromatic nitrogens is 5. The van der Waals surface area contributed by atoms with Crippen molar-refractivity contribution in [1.29, 1.82) is 0 Å². The molecule has 3 aromatic rings. The molecule has 0 saturated carbocycles. The van der Waals surface area contributed by atoms with Crippen molar-refractivity contribution >= 4 is 5.91 Å². The van der Waals surface area contributed by atoms with Crippen LogP contribution < -0.4 is 0 Å². The van der Waals surface area contributed by atoms with Crippen LogP contribution in [-0.4, -0.2) is 41.7 Å². The van der Waals surface area contributed by atoms with Crippen LogP contribution in [0.25, 0.3) is 5.69 Å². The molecule has 7 nitrogen and oxygen atoms in total. The van der Waals surface area contributed by atoms with Gasteiger partial charge in [0.25, 0.3) is 5.91 Å². The molecule has 0 unspecified atom stereocenters. The monoisotopic (exact) mass is 336 g/mol. The molecule has 25 heavy (non-hydrogen) atoms. The lowest BCUT2D eigenvalue weighted by Crippen LogP contribution is -2.38. The van der Waals surface area contributed by atoms with Crippen molar-refractivity contribution in [2.75, 3.05) is 6.54 Å². The second-order valence-electron chi connectivity index (χ2n) is 6.52. The van der Waals surface area contributed by atoms with Gasteiger partial charge in [0.2, 0.25) is 0 Å². The normalized spacial score (nSPS) is 14.0. The van der Waals surface area contributed by atoms with Gasteiger partial charge in [-0.3, -0.25) is 4.79 Å². The van der Waals surface area contributed by atoms with E-state index in [4.69, 9.17) is 0 Å². The van der Waals surface area contributed by atoms with Crippen molar-refractivity contribution in [3.8, 4) is 5.69 Å². The number of carbonyl (C=O) groups is 1. The molecule has 1 aromatic carbocycles. The SMILES string of the molecule is CC(C)c1nnc2n1CCN(C(=O)c1ccc(-n3ccnc3)cc1)C2. The van der Waals surface area contributed by atoms with Gasteiger partial charge in [-0.25, -0.2) is 4.98 Å². The Morgan fingerprint density at radius 3 is 2.60 bits per heavy atom. The Morgan fingerprint density at radius 2 is 1.92 bits per heavy atom. The molecular formula is C18H20N6O. The minimum atomic E-state index is 0.0255. The first kappa shape index (κ1) is 15.6. The molecule has 0 fully saturated rings. The maximum absolute atomic E-state index is 12.8. The average Bonchev–Trinajstić information content (AvgIpc) is 3.30. The standard InChI is InChI=1S/C18H20N6O/c1-13(2)17-21-20-16-11-22(9-10-24(16)17)18(25)14-3-5-15(6-4-14)23-8-7-19-12-23/h3-8,12-13H,9-11H2,1-2H3. The number of carbonyl (C=O) groups excluding carboxylic acids is 1. The Hall–Kier alpha value is -2.96. The lowest BCUT2D eigenvalue weighted by Gasteiger charge is -2.28. The lowest BCUT2D eigenvalue weighted by molar-refractivity contribution is 0.0706. The fraction of sp³-hybridized carbons (Fsp3) is 0.333. The molecule has 2 aromatic heterocycles. The molecule has 3 heterocycles. The molecule has 0 spiro atoms. The van der Waals surface area contributed by atoms with E-state index in [1.807, 2.05) is 39.9 Å². The highest BCUT2D eigenvalue weighted by molar-refractivity contribution is 5.94. The lowest BCUT2D eigenvalue weighted by atomic mass is 10.1. The summed E-state index contributed by atoms with van der Waals surface area (Å²) in [5.41, 5.74) is 1.66. The van der Waals surface area contributed by atoms with Crippen molar-refractivity contribution in [3.05, 3.63) is 60.2 Å². The Kier molecular flexibility index (Phi) is 3.83. The van der Waals surface area contributed by atoms with E-state index in [1.54, 1.807) is 12.5 Å². The van der Waals surface area contributed by atoms with Crippen molar-refractivity contribution in [3.63, 3.8) is 0 Å². The first-order valence-corrected chi connectivity index (χ1v) is 8.43. The molecule has 7 heteroatoms. The summed E-state index contributed by atoms with van der Waals surface area (Å²) in [6, 6.07) is 7.57. The number of rotatable bonds is 3. The van der Waals surface area contributed by atoms with E-state index in [1.165, 1.54) is 0 Å². The highest BCUT2D eigenvalue weighted by Gasteiger charge is 2.25. The third-order valence-electron chi connectivity index (χ3n) is 4.50. The van der Waals surface area contributed by atoms with E-state index in [9.17, 15) is 4.79 Å². The Balaban J connectivity index is 1.51. The van der Waals surface area contributed by atoms with Crippen LogP contribution in [0.5, 0.6) is 0 Å². The number of hydrogen-bond donors (Lipinski definition) is 0. The molecule has 0 N–H and O–H groups in total. The van der Waals surface area contributed by atoms with Crippen LogP contribution in [0.3, 0.4) is 0 Å². The second-order valence-corrected chi connectivity index (χ2v) is 6.52. The van der Waals surface area contributed by atoms with Gasteiger partial charge in [0.15, 0.2) is 5.82 Å². The predicted molar refractivity (Wildman–Crippen MR) is 92.4 cm³/mol. The number of nitrogens with zero attached hydrogens (tertiary/aromatic N) is 6. The first-order chi connectivity index (χ1) is 12.1. The van der Waals surface area contributed by atoms with Crippen molar-refractivity contribution in [2.24, 2.45) is 0 Å². The third-order valence-corrected chi connectivity index (χ3v) is 4.50. The van der Waals surface area contributed by atoms with E-state index >= 15 is 0 Å². The predicted octanol–water partition coefficient (Wildman–Crippen LogP) is 2.24. The molecule has 1 amide bonds. The van der Waals surface area contributed by atoms with Crippen LogP contribution in [0, 0.1) is 0 Å². The van der Waals surface area contributed by atoms with E-state index in [-0.39, 0.29) is 5.91 Å². The van der Waals surface area contributed by atoms with Crippen LogP contribution in [0.1, 0.15) is 41.8 Å². The third kappa shape index (κ3) is 2.82. The van der Waals surface area contributed by atoms with Crippen molar-refractivity contribution in [1.82, 2.24) is 29.2 Å². The van der Waals surface area contributed by atoms with Gasteiger partial charge in [-0.05, 0) is 24.3 Å². The summed E-state index contributed by atoms with van der Waals surface area (Å²) >= 11 is 0. The maximum atomic E-state index is 12.8. The summed E-state index contributed by atoms with van der Waals surface area (Å²) in [5.74, 6) is 2.21. The highest BCUT2D eigenvalue weighted by Crippen LogP contribution is 2.20. The molecule has 0 bridgehead atoms. The summed E-state index contributed by atoms with van der Waals surface area (Å²) in [6.07, 6.45) is 5.34. The van der Waals surface area contributed by atoms with E-state index in [2.05, 4.69) is 33.6 Å². The van der Waals surface area contributed by atoms with Crippen molar-refractivity contribution in [2.45, 2.75) is 32.9 Å². The number of hydrogen-bond acceptors (Lipinski definition) is 4.